The predicted octanol–water partition coefficient (Wildman–Crippen LogP) is 3.35. The fourth-order valence-corrected chi connectivity index (χ4v) is 3.22. The molecule has 0 saturated carbocycles. The number of H-pyrrole nitrogens is 1. The zero-order valence-electron chi connectivity index (χ0n) is 13.8. The highest BCUT2D eigenvalue weighted by atomic mass is 16.2. The largest absolute Gasteiger partial charge is 0.335 e. The number of nitrogens with one attached hydrogen (secondary N) is 3. The van der Waals surface area contributed by atoms with E-state index in [0.717, 1.165) is 29.9 Å². The van der Waals surface area contributed by atoms with Gasteiger partial charge in [0.15, 0.2) is 0 Å². The molecule has 0 unspecified atom stereocenters. The number of carbonyl (C=O) groups excluding carboxylic acids is 1. The molecule has 3 N–H and O–H groups in total. The molecule has 1 aliphatic carbocycles. The molecular formula is C18H24N4O. The van der Waals surface area contributed by atoms with E-state index in [2.05, 4.69) is 26.9 Å². The third-order valence-electron chi connectivity index (χ3n) is 4.30. The van der Waals surface area contributed by atoms with Crippen LogP contribution in [0.15, 0.2) is 24.3 Å². The number of fused-ring (bicyclic) bond motifs is 1. The lowest BCUT2D eigenvalue weighted by molar-refractivity contribution is 0.249. The lowest BCUT2D eigenvalue weighted by Crippen LogP contribution is -2.37. The highest BCUT2D eigenvalue weighted by molar-refractivity contribution is 5.90. The van der Waals surface area contributed by atoms with Gasteiger partial charge in [-0.3, -0.25) is 5.10 Å². The first-order valence-electron chi connectivity index (χ1n) is 8.31. The van der Waals surface area contributed by atoms with Gasteiger partial charge in [-0.25, -0.2) is 4.79 Å². The summed E-state index contributed by atoms with van der Waals surface area (Å²) in [5.74, 6) is 0. The molecule has 2 aromatic rings. The van der Waals surface area contributed by atoms with Crippen LogP contribution >= 0.6 is 0 Å². The number of nitrogens with zero attached hydrogens (tertiary/aromatic N) is 1. The highest BCUT2D eigenvalue weighted by Gasteiger charge is 2.15. The number of urea groups is 1. The lowest BCUT2D eigenvalue weighted by atomic mass is 9.90. The van der Waals surface area contributed by atoms with Crippen LogP contribution in [0.1, 0.15) is 42.3 Å². The van der Waals surface area contributed by atoms with Crippen LogP contribution in [-0.4, -0.2) is 22.3 Å². The molecule has 1 aliphatic rings. The molecule has 3 rings (SSSR count). The van der Waals surface area contributed by atoms with Crippen LogP contribution in [0.4, 0.5) is 10.5 Å². The topological polar surface area (TPSA) is 69.8 Å². The van der Waals surface area contributed by atoms with Crippen LogP contribution in [0, 0.1) is 6.92 Å². The predicted molar refractivity (Wildman–Crippen MR) is 91.7 cm³/mol. The molecule has 5 nitrogen and oxygen atoms in total. The van der Waals surface area contributed by atoms with Crippen LogP contribution in [0.3, 0.4) is 0 Å². The molecule has 0 aliphatic heterocycles. The zero-order valence-corrected chi connectivity index (χ0v) is 13.8. The standard InChI is InChI=1S/C18H24N4O/c1-12(10-15-11-13(2)21-22-15)19-18(23)20-17-9-5-7-14-6-3-4-8-16(14)17/h5,7,9,11-12H,3-4,6,8,10H2,1-2H3,(H,21,22)(H2,19,20,23)/t12-/m1/s1. The van der Waals surface area contributed by atoms with Crippen LogP contribution in [0.2, 0.25) is 0 Å². The molecule has 1 atom stereocenters. The van der Waals surface area contributed by atoms with E-state index in [0.29, 0.717) is 6.42 Å². The molecule has 2 amide bonds. The Kier molecular flexibility index (Phi) is 4.65. The molecule has 0 bridgehead atoms. The Morgan fingerprint density at radius 1 is 1.35 bits per heavy atom. The lowest BCUT2D eigenvalue weighted by Gasteiger charge is -2.20. The smallest absolute Gasteiger partial charge is 0.319 e. The minimum Gasteiger partial charge on any atom is -0.335 e. The molecule has 0 saturated heterocycles. The summed E-state index contributed by atoms with van der Waals surface area (Å²) in [5, 5.41) is 13.1. The average Bonchev–Trinajstić information content (AvgIpc) is 2.92. The summed E-state index contributed by atoms with van der Waals surface area (Å²) in [4.78, 5) is 12.3. The van der Waals surface area contributed by atoms with Gasteiger partial charge in [0.05, 0.1) is 5.69 Å². The van der Waals surface area contributed by atoms with Crippen LogP contribution < -0.4 is 10.6 Å². The summed E-state index contributed by atoms with van der Waals surface area (Å²) in [5.41, 5.74) is 5.61. The maximum absolute atomic E-state index is 12.3. The minimum absolute atomic E-state index is 0.0252. The number of amides is 2. The molecular weight excluding hydrogens is 288 g/mol. The van der Waals surface area contributed by atoms with Gasteiger partial charge in [-0.15, -0.1) is 0 Å². The van der Waals surface area contributed by atoms with E-state index in [-0.39, 0.29) is 12.1 Å². The second kappa shape index (κ2) is 6.86. The number of aryl methyl sites for hydroxylation is 2. The Morgan fingerprint density at radius 2 is 2.17 bits per heavy atom. The van der Waals surface area contributed by atoms with E-state index >= 15 is 0 Å². The normalized spacial score (nSPS) is 14.9. The highest BCUT2D eigenvalue weighted by Crippen LogP contribution is 2.27. The summed E-state index contributed by atoms with van der Waals surface area (Å²) >= 11 is 0. The summed E-state index contributed by atoms with van der Waals surface area (Å²) in [7, 11) is 0. The van der Waals surface area contributed by atoms with Crippen LogP contribution in [-0.2, 0) is 19.3 Å². The third kappa shape index (κ3) is 3.92. The van der Waals surface area contributed by atoms with Gasteiger partial charge in [0.25, 0.3) is 0 Å². The van der Waals surface area contributed by atoms with Crippen molar-refractivity contribution in [1.82, 2.24) is 15.5 Å². The average molecular weight is 312 g/mol. The molecule has 0 spiro atoms. The molecule has 0 radical (unpaired) electrons. The first kappa shape index (κ1) is 15.6. The maximum Gasteiger partial charge on any atom is 0.319 e. The summed E-state index contributed by atoms with van der Waals surface area (Å²) in [6, 6.07) is 8.06. The third-order valence-corrected chi connectivity index (χ3v) is 4.30. The van der Waals surface area contributed by atoms with Crippen molar-refractivity contribution < 1.29 is 4.79 Å². The van der Waals surface area contributed by atoms with Crippen molar-refractivity contribution in [2.75, 3.05) is 5.32 Å². The number of anilines is 1. The molecule has 122 valence electrons. The number of aromatic nitrogens is 2. The quantitative estimate of drug-likeness (QED) is 0.810. The van der Waals surface area contributed by atoms with Crippen molar-refractivity contribution in [1.29, 1.82) is 0 Å². The second-order valence-electron chi connectivity index (χ2n) is 6.40. The fourth-order valence-electron chi connectivity index (χ4n) is 3.22. The van der Waals surface area contributed by atoms with Crippen molar-refractivity contribution in [3.8, 4) is 0 Å². The Bertz CT molecular complexity index is 692. The Balaban J connectivity index is 1.59. The van der Waals surface area contributed by atoms with Crippen molar-refractivity contribution in [2.45, 2.75) is 52.0 Å². The van der Waals surface area contributed by atoms with E-state index in [9.17, 15) is 4.79 Å². The van der Waals surface area contributed by atoms with Gasteiger partial charge >= 0.3 is 6.03 Å². The van der Waals surface area contributed by atoms with Crippen molar-refractivity contribution in [3.63, 3.8) is 0 Å². The number of aromatic amines is 1. The minimum atomic E-state index is -0.149. The van der Waals surface area contributed by atoms with E-state index in [1.54, 1.807) is 0 Å². The van der Waals surface area contributed by atoms with Crippen LogP contribution in [0.5, 0.6) is 0 Å². The number of hydrogen-bond acceptors (Lipinski definition) is 2. The van der Waals surface area contributed by atoms with E-state index < -0.39 is 0 Å². The molecule has 0 fully saturated rings. The Morgan fingerprint density at radius 3 is 2.96 bits per heavy atom. The first-order chi connectivity index (χ1) is 11.1. The molecule has 5 heteroatoms. The molecule has 1 heterocycles. The van der Waals surface area contributed by atoms with Gasteiger partial charge in [-0.1, -0.05) is 12.1 Å². The van der Waals surface area contributed by atoms with Gasteiger partial charge in [-0.2, -0.15) is 5.10 Å². The second-order valence-corrected chi connectivity index (χ2v) is 6.40. The molecule has 1 aromatic heterocycles. The van der Waals surface area contributed by atoms with Gasteiger partial charge in [0, 0.05) is 23.8 Å². The van der Waals surface area contributed by atoms with E-state index in [1.807, 2.05) is 32.0 Å². The number of benzene rings is 1. The number of carbonyl (C=O) groups is 1. The van der Waals surface area contributed by atoms with Gasteiger partial charge < -0.3 is 10.6 Å². The zero-order chi connectivity index (χ0) is 16.2. The van der Waals surface area contributed by atoms with Gasteiger partial charge in [-0.05, 0) is 62.8 Å². The molecule has 1 aromatic carbocycles. The number of hydrogen-bond donors (Lipinski definition) is 3. The van der Waals surface area contributed by atoms with Gasteiger partial charge in [0.2, 0.25) is 0 Å². The maximum atomic E-state index is 12.3. The summed E-state index contributed by atoms with van der Waals surface area (Å²) in [6.07, 6.45) is 5.31. The Labute approximate surface area is 136 Å². The fraction of sp³-hybridized carbons (Fsp3) is 0.444. The van der Waals surface area contributed by atoms with E-state index in [1.165, 1.54) is 24.0 Å². The van der Waals surface area contributed by atoms with Crippen molar-refractivity contribution in [3.05, 3.63) is 46.8 Å². The van der Waals surface area contributed by atoms with Crippen molar-refractivity contribution >= 4 is 11.7 Å². The molecule has 23 heavy (non-hydrogen) atoms. The SMILES string of the molecule is Cc1cc(C[C@@H](C)NC(=O)Nc2cccc3c2CCCC3)n[nH]1. The van der Waals surface area contributed by atoms with Crippen molar-refractivity contribution in [2.24, 2.45) is 0 Å². The first-order valence-corrected chi connectivity index (χ1v) is 8.31. The van der Waals surface area contributed by atoms with E-state index in [4.69, 9.17) is 0 Å². The summed E-state index contributed by atoms with van der Waals surface area (Å²) < 4.78 is 0. The van der Waals surface area contributed by atoms with Crippen LogP contribution in [0.25, 0.3) is 0 Å². The summed E-state index contributed by atoms with van der Waals surface area (Å²) in [6.45, 7) is 3.96. The number of rotatable bonds is 4. The Hall–Kier alpha value is -2.30. The van der Waals surface area contributed by atoms with Gasteiger partial charge in [0.1, 0.15) is 0 Å². The monoisotopic (exact) mass is 312 g/mol.